The van der Waals surface area contributed by atoms with Gasteiger partial charge in [-0.15, -0.1) is 0 Å². The first-order valence-corrected chi connectivity index (χ1v) is 6.46. The van der Waals surface area contributed by atoms with E-state index in [1.807, 2.05) is 0 Å². The summed E-state index contributed by atoms with van der Waals surface area (Å²) in [4.78, 5) is 23.0. The summed E-state index contributed by atoms with van der Waals surface area (Å²) < 4.78 is 18.0. The number of amides is 2. The molecule has 7 heteroatoms. The molecule has 0 heterocycles. The average molecular weight is 303 g/mol. The summed E-state index contributed by atoms with van der Waals surface area (Å²) in [6.07, 6.45) is 0. The SMILES string of the molecule is CCNC(=O)[C@H](C)NC(=O)COc1ccc(F)cc1Cl. The van der Waals surface area contributed by atoms with Crippen LogP contribution in [0.2, 0.25) is 5.02 Å². The lowest BCUT2D eigenvalue weighted by Gasteiger charge is -2.14. The van der Waals surface area contributed by atoms with Gasteiger partial charge in [-0.3, -0.25) is 9.59 Å². The first-order chi connectivity index (χ1) is 9.43. The molecule has 0 saturated carbocycles. The number of ether oxygens (including phenoxy) is 1. The summed E-state index contributed by atoms with van der Waals surface area (Å²) in [5, 5.41) is 5.13. The van der Waals surface area contributed by atoms with Crippen molar-refractivity contribution >= 4 is 23.4 Å². The van der Waals surface area contributed by atoms with Crippen LogP contribution in [-0.2, 0) is 9.59 Å². The van der Waals surface area contributed by atoms with E-state index < -0.39 is 17.8 Å². The second-order valence-corrected chi connectivity index (χ2v) is 4.45. The molecule has 0 aliphatic heterocycles. The van der Waals surface area contributed by atoms with E-state index in [9.17, 15) is 14.0 Å². The van der Waals surface area contributed by atoms with Crippen LogP contribution < -0.4 is 15.4 Å². The first-order valence-electron chi connectivity index (χ1n) is 6.09. The number of nitrogens with one attached hydrogen (secondary N) is 2. The van der Waals surface area contributed by atoms with Crippen LogP contribution in [-0.4, -0.2) is 31.0 Å². The fraction of sp³-hybridized carbons (Fsp3) is 0.385. The molecule has 1 aromatic carbocycles. The van der Waals surface area contributed by atoms with Crippen LogP contribution >= 0.6 is 11.6 Å². The minimum Gasteiger partial charge on any atom is -0.482 e. The molecule has 2 N–H and O–H groups in total. The van der Waals surface area contributed by atoms with Crippen LogP contribution in [0.3, 0.4) is 0 Å². The highest BCUT2D eigenvalue weighted by atomic mass is 35.5. The summed E-state index contributed by atoms with van der Waals surface area (Å²) >= 11 is 5.75. The topological polar surface area (TPSA) is 67.4 Å². The zero-order valence-corrected chi connectivity index (χ0v) is 12.0. The van der Waals surface area contributed by atoms with E-state index in [-0.39, 0.29) is 23.3 Å². The van der Waals surface area contributed by atoms with E-state index in [2.05, 4.69) is 10.6 Å². The van der Waals surface area contributed by atoms with Crippen molar-refractivity contribution < 1.29 is 18.7 Å². The number of carbonyl (C=O) groups excluding carboxylic acids is 2. The van der Waals surface area contributed by atoms with Crippen molar-refractivity contribution in [2.45, 2.75) is 19.9 Å². The van der Waals surface area contributed by atoms with Gasteiger partial charge in [-0.25, -0.2) is 4.39 Å². The highest BCUT2D eigenvalue weighted by molar-refractivity contribution is 6.32. The van der Waals surface area contributed by atoms with E-state index in [1.165, 1.54) is 12.1 Å². The van der Waals surface area contributed by atoms with Crippen molar-refractivity contribution in [2.24, 2.45) is 0 Å². The fourth-order valence-electron chi connectivity index (χ4n) is 1.41. The Labute approximate surface area is 121 Å². The molecule has 0 aliphatic rings. The maximum atomic E-state index is 12.8. The second-order valence-electron chi connectivity index (χ2n) is 4.05. The molecule has 0 aromatic heterocycles. The van der Waals surface area contributed by atoms with Crippen molar-refractivity contribution in [3.8, 4) is 5.75 Å². The van der Waals surface area contributed by atoms with Crippen LogP contribution in [0, 0.1) is 5.82 Å². The number of carbonyl (C=O) groups is 2. The maximum absolute atomic E-state index is 12.8. The monoisotopic (exact) mass is 302 g/mol. The van der Waals surface area contributed by atoms with Crippen LogP contribution in [0.15, 0.2) is 18.2 Å². The van der Waals surface area contributed by atoms with Crippen LogP contribution in [0.25, 0.3) is 0 Å². The molecule has 5 nitrogen and oxygen atoms in total. The predicted molar refractivity (Wildman–Crippen MR) is 73.2 cm³/mol. The van der Waals surface area contributed by atoms with E-state index in [0.29, 0.717) is 6.54 Å². The molecule has 1 atom stereocenters. The molecule has 2 amide bonds. The van der Waals surface area contributed by atoms with Gasteiger partial charge < -0.3 is 15.4 Å². The number of likely N-dealkylation sites (N-methyl/N-ethyl adjacent to an activating group) is 1. The Kier molecular flexibility index (Phi) is 6.24. The van der Waals surface area contributed by atoms with Gasteiger partial charge in [0.15, 0.2) is 6.61 Å². The summed E-state index contributed by atoms with van der Waals surface area (Å²) in [5.74, 6) is -1.03. The molecule has 0 spiro atoms. The quantitative estimate of drug-likeness (QED) is 0.837. The molecular formula is C13H16ClFN2O3. The van der Waals surface area contributed by atoms with Gasteiger partial charge in [0.25, 0.3) is 5.91 Å². The number of hydrogen-bond acceptors (Lipinski definition) is 3. The lowest BCUT2D eigenvalue weighted by atomic mass is 10.3. The van der Waals surface area contributed by atoms with Gasteiger partial charge in [0.2, 0.25) is 5.91 Å². The third-order valence-electron chi connectivity index (χ3n) is 2.37. The zero-order valence-electron chi connectivity index (χ0n) is 11.2. The largest absolute Gasteiger partial charge is 0.482 e. The van der Waals surface area contributed by atoms with Gasteiger partial charge in [0.1, 0.15) is 17.6 Å². The van der Waals surface area contributed by atoms with Crippen molar-refractivity contribution in [3.63, 3.8) is 0 Å². The van der Waals surface area contributed by atoms with Crippen molar-refractivity contribution in [3.05, 3.63) is 29.0 Å². The maximum Gasteiger partial charge on any atom is 0.258 e. The number of rotatable bonds is 6. The van der Waals surface area contributed by atoms with Crippen molar-refractivity contribution in [2.75, 3.05) is 13.2 Å². The highest BCUT2D eigenvalue weighted by Crippen LogP contribution is 2.24. The summed E-state index contributed by atoms with van der Waals surface area (Å²) in [6, 6.07) is 2.94. The standard InChI is InChI=1S/C13H16ClFN2O3/c1-3-16-13(19)8(2)17-12(18)7-20-11-5-4-9(15)6-10(11)14/h4-6,8H,3,7H2,1-2H3,(H,16,19)(H,17,18)/t8-/m0/s1. The molecule has 0 bridgehead atoms. The molecule has 1 aromatic rings. The molecule has 110 valence electrons. The third-order valence-corrected chi connectivity index (χ3v) is 2.67. The summed E-state index contributed by atoms with van der Waals surface area (Å²) in [6.45, 7) is 3.52. The molecular weight excluding hydrogens is 287 g/mol. The molecule has 0 unspecified atom stereocenters. The lowest BCUT2D eigenvalue weighted by molar-refractivity contribution is -0.129. The zero-order chi connectivity index (χ0) is 15.1. The van der Waals surface area contributed by atoms with Gasteiger partial charge >= 0.3 is 0 Å². The van der Waals surface area contributed by atoms with Gasteiger partial charge in [0, 0.05) is 6.54 Å². The summed E-state index contributed by atoms with van der Waals surface area (Å²) in [7, 11) is 0. The minimum absolute atomic E-state index is 0.0783. The van der Waals surface area contributed by atoms with Crippen LogP contribution in [0.1, 0.15) is 13.8 Å². The van der Waals surface area contributed by atoms with Crippen molar-refractivity contribution in [1.82, 2.24) is 10.6 Å². The van der Waals surface area contributed by atoms with Gasteiger partial charge in [0.05, 0.1) is 5.02 Å². The van der Waals surface area contributed by atoms with E-state index in [0.717, 1.165) is 6.07 Å². The Balaban J connectivity index is 2.45. The van der Waals surface area contributed by atoms with Crippen molar-refractivity contribution in [1.29, 1.82) is 0 Å². The minimum atomic E-state index is -0.658. The van der Waals surface area contributed by atoms with E-state index in [1.54, 1.807) is 13.8 Å². The molecule has 0 saturated heterocycles. The summed E-state index contributed by atoms with van der Waals surface area (Å²) in [5.41, 5.74) is 0. The van der Waals surface area contributed by atoms with Gasteiger partial charge in [-0.2, -0.15) is 0 Å². The van der Waals surface area contributed by atoms with Crippen LogP contribution in [0.5, 0.6) is 5.75 Å². The second kappa shape index (κ2) is 7.69. The smallest absolute Gasteiger partial charge is 0.258 e. The first kappa shape index (κ1) is 16.2. The van der Waals surface area contributed by atoms with E-state index >= 15 is 0 Å². The number of halogens is 2. The van der Waals surface area contributed by atoms with Gasteiger partial charge in [-0.05, 0) is 32.0 Å². The molecule has 0 fully saturated rings. The Morgan fingerprint density at radius 1 is 1.45 bits per heavy atom. The predicted octanol–water partition coefficient (Wildman–Crippen LogP) is 1.50. The molecule has 20 heavy (non-hydrogen) atoms. The highest BCUT2D eigenvalue weighted by Gasteiger charge is 2.15. The number of benzene rings is 1. The third kappa shape index (κ3) is 5.05. The molecule has 0 radical (unpaired) electrons. The van der Waals surface area contributed by atoms with Gasteiger partial charge in [-0.1, -0.05) is 11.6 Å². The average Bonchev–Trinajstić information content (AvgIpc) is 2.37. The normalized spacial score (nSPS) is 11.6. The molecule has 0 aliphatic carbocycles. The Hall–Kier alpha value is -1.82. The molecule has 1 rings (SSSR count). The fourth-order valence-corrected chi connectivity index (χ4v) is 1.63. The van der Waals surface area contributed by atoms with Crippen LogP contribution in [0.4, 0.5) is 4.39 Å². The Morgan fingerprint density at radius 2 is 2.15 bits per heavy atom. The Bertz CT molecular complexity index is 497. The Morgan fingerprint density at radius 3 is 2.75 bits per heavy atom. The van der Waals surface area contributed by atoms with E-state index in [4.69, 9.17) is 16.3 Å². The lowest BCUT2D eigenvalue weighted by Crippen LogP contribution is -2.46. The number of hydrogen-bond donors (Lipinski definition) is 2.